The van der Waals surface area contributed by atoms with Gasteiger partial charge in [0.25, 0.3) is 0 Å². The predicted molar refractivity (Wildman–Crippen MR) is 125 cm³/mol. The average molecular weight is 421 g/mol. The maximum atomic E-state index is 12.5. The third-order valence-corrected chi connectivity index (χ3v) is 6.02. The Kier molecular flexibility index (Phi) is 7.86. The van der Waals surface area contributed by atoms with E-state index in [0.717, 1.165) is 46.8 Å². The van der Waals surface area contributed by atoms with Crippen LogP contribution in [0, 0.1) is 0 Å². The van der Waals surface area contributed by atoms with Crippen molar-refractivity contribution in [2.45, 2.75) is 39.7 Å². The fourth-order valence-electron chi connectivity index (χ4n) is 3.14. The third-order valence-electron chi connectivity index (χ3n) is 4.86. The summed E-state index contributed by atoms with van der Waals surface area (Å²) in [6.45, 7) is 4.68. The summed E-state index contributed by atoms with van der Waals surface area (Å²) in [6.07, 6.45) is 6.60. The van der Waals surface area contributed by atoms with E-state index in [1.165, 1.54) is 10.4 Å². The first-order chi connectivity index (χ1) is 14.6. The Balaban J connectivity index is 1.69. The van der Waals surface area contributed by atoms with Crippen molar-refractivity contribution in [1.82, 2.24) is 0 Å². The van der Waals surface area contributed by atoms with E-state index >= 15 is 0 Å². The van der Waals surface area contributed by atoms with Crippen molar-refractivity contribution in [3.8, 4) is 11.5 Å². The summed E-state index contributed by atoms with van der Waals surface area (Å²) in [6, 6.07) is 17.9. The highest BCUT2D eigenvalue weighted by Crippen LogP contribution is 2.24. The molecule has 3 aromatic rings. The van der Waals surface area contributed by atoms with E-state index in [-0.39, 0.29) is 5.78 Å². The van der Waals surface area contributed by atoms with Gasteiger partial charge in [-0.25, -0.2) is 0 Å². The lowest BCUT2D eigenvalue weighted by Gasteiger charge is -2.11. The molecule has 0 amide bonds. The van der Waals surface area contributed by atoms with Gasteiger partial charge in [-0.05, 0) is 66.4 Å². The largest absolute Gasteiger partial charge is 0.496 e. The molecule has 156 valence electrons. The van der Waals surface area contributed by atoms with E-state index in [4.69, 9.17) is 9.47 Å². The number of allylic oxidation sites excluding steroid dienone is 1. The predicted octanol–water partition coefficient (Wildman–Crippen LogP) is 6.75. The van der Waals surface area contributed by atoms with Crippen molar-refractivity contribution in [3.63, 3.8) is 0 Å². The maximum Gasteiger partial charge on any atom is 0.195 e. The van der Waals surface area contributed by atoms with Gasteiger partial charge in [-0.15, -0.1) is 11.3 Å². The number of hydrogen-bond acceptors (Lipinski definition) is 4. The van der Waals surface area contributed by atoms with E-state index < -0.39 is 0 Å². The monoisotopic (exact) mass is 420 g/mol. The fourth-order valence-corrected chi connectivity index (χ4v) is 4.17. The Morgan fingerprint density at radius 3 is 2.53 bits per heavy atom. The second-order valence-corrected chi connectivity index (χ2v) is 8.24. The molecule has 1 aromatic heterocycles. The van der Waals surface area contributed by atoms with Gasteiger partial charge in [-0.2, -0.15) is 0 Å². The van der Waals surface area contributed by atoms with Crippen LogP contribution in [-0.4, -0.2) is 12.9 Å². The van der Waals surface area contributed by atoms with Crippen LogP contribution in [0.4, 0.5) is 0 Å². The molecule has 3 nitrogen and oxygen atoms in total. The van der Waals surface area contributed by atoms with Gasteiger partial charge in [-0.1, -0.05) is 44.5 Å². The number of rotatable bonds is 10. The van der Waals surface area contributed by atoms with Gasteiger partial charge in [0.15, 0.2) is 5.78 Å². The Hall–Kier alpha value is -2.85. The number of hydrogen-bond donors (Lipinski definition) is 0. The molecule has 0 aliphatic heterocycles. The molecule has 30 heavy (non-hydrogen) atoms. The topological polar surface area (TPSA) is 35.5 Å². The molecule has 0 aliphatic carbocycles. The molecule has 1 heterocycles. The van der Waals surface area contributed by atoms with E-state index in [2.05, 4.69) is 26.0 Å². The molecule has 4 heteroatoms. The fraction of sp³-hybridized carbons (Fsp3) is 0.269. The van der Waals surface area contributed by atoms with Gasteiger partial charge < -0.3 is 9.47 Å². The zero-order chi connectivity index (χ0) is 21.3. The lowest BCUT2D eigenvalue weighted by atomic mass is 10.1. The quantitative estimate of drug-likeness (QED) is 0.269. The van der Waals surface area contributed by atoms with E-state index in [1.54, 1.807) is 24.5 Å². The molecule has 0 spiro atoms. The Bertz CT molecular complexity index is 999. The van der Waals surface area contributed by atoms with Crippen molar-refractivity contribution in [2.75, 3.05) is 7.11 Å². The molecule has 2 aromatic carbocycles. The molecular formula is C26H28O3S. The second kappa shape index (κ2) is 10.8. The van der Waals surface area contributed by atoms with E-state index in [1.807, 2.05) is 48.5 Å². The summed E-state index contributed by atoms with van der Waals surface area (Å²) in [4.78, 5) is 14.5. The van der Waals surface area contributed by atoms with Crippen LogP contribution in [-0.2, 0) is 19.4 Å². The molecule has 0 aliphatic rings. The first-order valence-electron chi connectivity index (χ1n) is 10.3. The van der Waals surface area contributed by atoms with Crippen molar-refractivity contribution >= 4 is 23.2 Å². The van der Waals surface area contributed by atoms with Gasteiger partial charge in [-0.3, -0.25) is 4.79 Å². The van der Waals surface area contributed by atoms with Crippen LogP contribution < -0.4 is 9.47 Å². The van der Waals surface area contributed by atoms with Crippen molar-refractivity contribution < 1.29 is 14.3 Å². The van der Waals surface area contributed by atoms with Crippen LogP contribution in [0.2, 0.25) is 0 Å². The number of carbonyl (C=O) groups is 1. The highest BCUT2D eigenvalue weighted by Gasteiger charge is 2.08. The number of ether oxygens (including phenoxy) is 2. The molecule has 0 radical (unpaired) electrons. The molecule has 0 fully saturated rings. The Morgan fingerprint density at radius 2 is 1.83 bits per heavy atom. The van der Waals surface area contributed by atoms with Crippen LogP contribution in [0.15, 0.2) is 60.7 Å². The van der Waals surface area contributed by atoms with Gasteiger partial charge in [0, 0.05) is 10.4 Å². The molecule has 0 saturated heterocycles. The number of aryl methyl sites for hydroxylation is 2. The number of benzene rings is 2. The minimum atomic E-state index is 0.0342. The smallest absolute Gasteiger partial charge is 0.195 e. The molecule has 0 atom stereocenters. The van der Waals surface area contributed by atoms with Gasteiger partial charge in [0.05, 0.1) is 12.0 Å². The molecule has 3 rings (SSSR count). The normalized spacial score (nSPS) is 11.0. The summed E-state index contributed by atoms with van der Waals surface area (Å²) >= 11 is 1.58. The number of methoxy groups -OCH3 is 1. The third kappa shape index (κ3) is 5.83. The molecule has 0 N–H and O–H groups in total. The Labute approximate surface area is 183 Å². The van der Waals surface area contributed by atoms with E-state index in [9.17, 15) is 4.79 Å². The second-order valence-electron chi connectivity index (χ2n) is 7.07. The average Bonchev–Trinajstić information content (AvgIpc) is 3.25. The van der Waals surface area contributed by atoms with Gasteiger partial charge in [0.2, 0.25) is 0 Å². The number of thiophene rings is 1. The number of ketones is 1. The molecule has 0 unspecified atom stereocenters. The SMILES string of the molecule is CCCc1ccc(C(=O)/C=C/c2ccc(OC)c(COc3ccc(CC)cc3)c2)s1. The highest BCUT2D eigenvalue weighted by molar-refractivity contribution is 7.14. The molecular weight excluding hydrogens is 392 g/mol. The van der Waals surface area contributed by atoms with Crippen molar-refractivity contribution in [1.29, 1.82) is 0 Å². The lowest BCUT2D eigenvalue weighted by molar-refractivity contribution is 0.105. The minimum Gasteiger partial charge on any atom is -0.496 e. The first-order valence-corrected chi connectivity index (χ1v) is 11.1. The summed E-state index contributed by atoms with van der Waals surface area (Å²) in [5.41, 5.74) is 3.16. The van der Waals surface area contributed by atoms with Crippen LogP contribution >= 0.6 is 11.3 Å². The van der Waals surface area contributed by atoms with Crippen molar-refractivity contribution in [3.05, 3.63) is 87.1 Å². The van der Waals surface area contributed by atoms with E-state index in [0.29, 0.717) is 6.61 Å². The summed E-state index contributed by atoms with van der Waals surface area (Å²) in [7, 11) is 1.65. The standard InChI is InChI=1S/C26H28O3S/c1-4-6-23-13-16-26(30-23)24(27)14-9-20-10-15-25(28-3)21(17-20)18-29-22-11-7-19(5-2)8-12-22/h7-17H,4-6,18H2,1-3H3/b14-9+. The lowest BCUT2D eigenvalue weighted by Crippen LogP contribution is -1.99. The van der Waals surface area contributed by atoms with Gasteiger partial charge in [0.1, 0.15) is 18.1 Å². The first kappa shape index (κ1) is 21.8. The van der Waals surface area contributed by atoms with Crippen LogP contribution in [0.3, 0.4) is 0 Å². The van der Waals surface area contributed by atoms with Crippen LogP contribution in [0.1, 0.15) is 51.5 Å². The minimum absolute atomic E-state index is 0.0342. The molecule has 0 bridgehead atoms. The Morgan fingerprint density at radius 1 is 1.03 bits per heavy atom. The zero-order valence-electron chi connectivity index (χ0n) is 17.8. The number of carbonyl (C=O) groups excluding carboxylic acids is 1. The summed E-state index contributed by atoms with van der Waals surface area (Å²) < 4.78 is 11.4. The highest BCUT2D eigenvalue weighted by atomic mass is 32.1. The summed E-state index contributed by atoms with van der Waals surface area (Å²) in [5.74, 6) is 1.63. The van der Waals surface area contributed by atoms with Crippen LogP contribution in [0.5, 0.6) is 11.5 Å². The maximum absolute atomic E-state index is 12.5. The summed E-state index contributed by atoms with van der Waals surface area (Å²) in [5, 5.41) is 0. The molecule has 0 saturated carbocycles. The van der Waals surface area contributed by atoms with Crippen LogP contribution in [0.25, 0.3) is 6.08 Å². The van der Waals surface area contributed by atoms with Gasteiger partial charge >= 0.3 is 0 Å². The zero-order valence-corrected chi connectivity index (χ0v) is 18.6. The van der Waals surface area contributed by atoms with Crippen molar-refractivity contribution in [2.24, 2.45) is 0 Å².